The van der Waals surface area contributed by atoms with Gasteiger partial charge < -0.3 is 19.5 Å². The van der Waals surface area contributed by atoms with Crippen molar-refractivity contribution < 1.29 is 19.4 Å². The predicted octanol–water partition coefficient (Wildman–Crippen LogP) is 2.70. The van der Waals surface area contributed by atoms with Crippen LogP contribution < -0.4 is 4.74 Å². The molecular formula is C22H18N2O4. The topological polar surface area (TPSA) is 71.9 Å². The number of fused-ring (bicyclic) bond motifs is 4. The summed E-state index contributed by atoms with van der Waals surface area (Å²) in [5, 5.41) is 11.2. The largest absolute Gasteiger partial charge is 0.490 e. The second kappa shape index (κ2) is 6.07. The van der Waals surface area contributed by atoms with Crippen LogP contribution in [-0.2, 0) is 16.1 Å². The first-order valence-corrected chi connectivity index (χ1v) is 9.01. The molecule has 0 spiro atoms. The molecule has 5 rings (SSSR count). The van der Waals surface area contributed by atoms with E-state index >= 15 is 0 Å². The smallest absolute Gasteiger partial charge is 0.340 e. The molecule has 0 fully saturated rings. The lowest BCUT2D eigenvalue weighted by Gasteiger charge is -2.33. The summed E-state index contributed by atoms with van der Waals surface area (Å²) in [6.45, 7) is 9.03. The molecule has 1 aromatic heterocycles. The van der Waals surface area contributed by atoms with Gasteiger partial charge in [0, 0.05) is 27.8 Å². The molecule has 1 N–H and O–H groups in total. The first kappa shape index (κ1) is 16.8. The Kier molecular flexibility index (Phi) is 3.64. The molecular weight excluding hydrogens is 356 g/mol. The summed E-state index contributed by atoms with van der Waals surface area (Å²) < 4.78 is 10.7. The second-order valence-electron chi connectivity index (χ2n) is 6.96. The third-order valence-corrected chi connectivity index (χ3v) is 5.29. The van der Waals surface area contributed by atoms with Gasteiger partial charge in [-0.3, -0.25) is 0 Å². The number of benzene rings is 1. The second-order valence-corrected chi connectivity index (χ2v) is 6.96. The van der Waals surface area contributed by atoms with Crippen molar-refractivity contribution in [1.29, 1.82) is 0 Å². The van der Waals surface area contributed by atoms with E-state index in [1.165, 1.54) is 0 Å². The summed E-state index contributed by atoms with van der Waals surface area (Å²) in [7, 11) is 0. The highest BCUT2D eigenvalue weighted by Gasteiger charge is 2.38. The third-order valence-electron chi connectivity index (χ3n) is 5.29. The minimum Gasteiger partial charge on any atom is -0.490 e. The summed E-state index contributed by atoms with van der Waals surface area (Å²) >= 11 is 0. The maximum Gasteiger partial charge on any atom is 0.340 e. The van der Waals surface area contributed by atoms with Crippen molar-refractivity contribution in [3.8, 4) is 5.75 Å². The number of nitrogens with zero attached hydrogens (tertiary/aromatic N) is 2. The van der Waals surface area contributed by atoms with Crippen LogP contribution in [0.25, 0.3) is 16.6 Å². The number of carbonyl (C=O) groups is 1. The molecule has 6 heteroatoms. The fraction of sp³-hybridized carbons (Fsp3) is 0.182. The minimum absolute atomic E-state index is 0.125. The summed E-state index contributed by atoms with van der Waals surface area (Å²) in [5.74, 6) is 0.137. The van der Waals surface area contributed by atoms with E-state index in [0.29, 0.717) is 18.7 Å². The fourth-order valence-corrected chi connectivity index (χ4v) is 3.88. The third kappa shape index (κ3) is 2.38. The van der Waals surface area contributed by atoms with Gasteiger partial charge in [0.1, 0.15) is 19.0 Å². The number of hydrogen-bond donors (Lipinski definition) is 1. The Morgan fingerprint density at radius 1 is 1.39 bits per heavy atom. The molecule has 0 saturated carbocycles. The molecule has 3 aliphatic rings. The Morgan fingerprint density at radius 2 is 2.25 bits per heavy atom. The minimum atomic E-state index is -1.29. The van der Waals surface area contributed by atoms with Crippen molar-refractivity contribution in [2.24, 2.45) is 0 Å². The van der Waals surface area contributed by atoms with Gasteiger partial charge in [-0.25, -0.2) is 9.78 Å². The Bertz CT molecular complexity index is 1130. The van der Waals surface area contributed by atoms with Crippen LogP contribution in [0, 0.1) is 0 Å². The number of pyridine rings is 1. The number of aromatic nitrogens is 1. The number of aliphatic hydroxyl groups is 1. The number of cyclic esters (lactones) is 1. The van der Waals surface area contributed by atoms with E-state index in [1.807, 2.05) is 24.3 Å². The molecule has 0 amide bonds. The van der Waals surface area contributed by atoms with Gasteiger partial charge >= 0.3 is 5.97 Å². The van der Waals surface area contributed by atoms with Crippen molar-refractivity contribution in [3.63, 3.8) is 0 Å². The molecule has 1 unspecified atom stereocenters. The summed E-state index contributed by atoms with van der Waals surface area (Å²) in [5.41, 5.74) is 5.64. The molecule has 28 heavy (non-hydrogen) atoms. The zero-order valence-electron chi connectivity index (χ0n) is 15.1. The van der Waals surface area contributed by atoms with Crippen molar-refractivity contribution >= 4 is 22.6 Å². The van der Waals surface area contributed by atoms with Gasteiger partial charge in [0.2, 0.25) is 0 Å². The summed E-state index contributed by atoms with van der Waals surface area (Å²) in [4.78, 5) is 18.6. The van der Waals surface area contributed by atoms with Crippen molar-refractivity contribution in [3.05, 3.63) is 77.7 Å². The van der Waals surface area contributed by atoms with Crippen LogP contribution in [0.15, 0.2) is 66.4 Å². The number of ether oxygens (including phenoxy) is 2. The maximum atomic E-state index is 11.8. The van der Waals surface area contributed by atoms with Gasteiger partial charge in [0.05, 0.1) is 23.5 Å². The van der Waals surface area contributed by atoms with Crippen LogP contribution in [-0.4, -0.2) is 40.3 Å². The number of aliphatic hydroxyl groups excluding tert-OH is 1. The van der Waals surface area contributed by atoms with Gasteiger partial charge in [0.25, 0.3) is 0 Å². The predicted molar refractivity (Wildman–Crippen MR) is 104 cm³/mol. The zero-order chi connectivity index (χ0) is 19.4. The van der Waals surface area contributed by atoms with Crippen LogP contribution in [0.5, 0.6) is 5.75 Å². The standard InChI is InChI=1S/C22H18N2O4/c1-3-6-27-15-4-5-18-13(8-15)7-14-10-24-12(2)17-11-28-22(26)21(25)16(17)9-19(24)20(14)23-18/h3-5,7-9,21,25H,1-2,6,10-11H2. The Labute approximate surface area is 161 Å². The monoisotopic (exact) mass is 374 g/mol. The van der Waals surface area contributed by atoms with Crippen LogP contribution >= 0.6 is 0 Å². The molecule has 4 heterocycles. The molecule has 2 aromatic rings. The fourth-order valence-electron chi connectivity index (χ4n) is 3.88. The lowest BCUT2D eigenvalue weighted by Crippen LogP contribution is -2.36. The van der Waals surface area contributed by atoms with E-state index in [2.05, 4.69) is 24.1 Å². The Hall–Kier alpha value is -3.38. The van der Waals surface area contributed by atoms with E-state index in [9.17, 15) is 9.90 Å². The average molecular weight is 374 g/mol. The van der Waals surface area contributed by atoms with Crippen LogP contribution in [0.1, 0.15) is 11.3 Å². The Balaban J connectivity index is 1.60. The number of carbonyl (C=O) groups excluding carboxylic acids is 1. The molecule has 0 radical (unpaired) electrons. The van der Waals surface area contributed by atoms with Crippen LogP contribution in [0.4, 0.5) is 0 Å². The molecule has 6 nitrogen and oxygen atoms in total. The number of hydrogen-bond acceptors (Lipinski definition) is 6. The Morgan fingerprint density at radius 3 is 3.07 bits per heavy atom. The van der Waals surface area contributed by atoms with Gasteiger partial charge in [-0.1, -0.05) is 19.2 Å². The summed E-state index contributed by atoms with van der Waals surface area (Å²) in [6.07, 6.45) is 2.25. The normalized spacial score (nSPS) is 20.4. The van der Waals surface area contributed by atoms with E-state index in [1.54, 1.807) is 6.08 Å². The number of rotatable bonds is 3. The van der Waals surface area contributed by atoms with E-state index in [-0.39, 0.29) is 6.61 Å². The molecule has 3 aliphatic heterocycles. The molecule has 0 saturated heterocycles. The number of esters is 1. The van der Waals surface area contributed by atoms with Crippen LogP contribution in [0.3, 0.4) is 0 Å². The van der Waals surface area contributed by atoms with E-state index < -0.39 is 12.1 Å². The SMILES string of the molecule is C=CCOc1ccc2nc3c(cc2c1)CN1C(=C)C2=C(C=C31)C(O)C(=O)OC2. The average Bonchev–Trinajstić information content (AvgIpc) is 3.05. The highest BCUT2D eigenvalue weighted by atomic mass is 16.5. The first-order valence-electron chi connectivity index (χ1n) is 9.01. The van der Waals surface area contributed by atoms with Gasteiger partial charge in [-0.15, -0.1) is 0 Å². The molecule has 1 atom stereocenters. The van der Waals surface area contributed by atoms with E-state index in [0.717, 1.165) is 44.9 Å². The lowest BCUT2D eigenvalue weighted by molar-refractivity contribution is -0.151. The zero-order valence-corrected chi connectivity index (χ0v) is 15.1. The van der Waals surface area contributed by atoms with Crippen molar-refractivity contribution in [2.45, 2.75) is 12.6 Å². The van der Waals surface area contributed by atoms with Gasteiger partial charge in [-0.2, -0.15) is 0 Å². The first-order chi connectivity index (χ1) is 13.6. The highest BCUT2D eigenvalue weighted by Crippen LogP contribution is 2.43. The molecule has 140 valence electrons. The molecule has 1 aromatic carbocycles. The highest BCUT2D eigenvalue weighted by molar-refractivity contribution is 5.89. The summed E-state index contributed by atoms with van der Waals surface area (Å²) in [6, 6.07) is 7.87. The van der Waals surface area contributed by atoms with Crippen molar-refractivity contribution in [2.75, 3.05) is 13.2 Å². The van der Waals surface area contributed by atoms with E-state index in [4.69, 9.17) is 14.5 Å². The van der Waals surface area contributed by atoms with Crippen LogP contribution in [0.2, 0.25) is 0 Å². The molecule has 0 bridgehead atoms. The van der Waals surface area contributed by atoms with Crippen molar-refractivity contribution in [1.82, 2.24) is 9.88 Å². The quantitative estimate of drug-likeness (QED) is 0.658. The van der Waals surface area contributed by atoms with Gasteiger partial charge in [0.15, 0.2) is 6.10 Å². The lowest BCUT2D eigenvalue weighted by atomic mass is 9.93. The van der Waals surface area contributed by atoms with Gasteiger partial charge in [-0.05, 0) is 30.3 Å². The molecule has 0 aliphatic carbocycles. The maximum absolute atomic E-state index is 11.8.